The first-order valence-electron chi connectivity index (χ1n) is 10.3. The zero-order valence-electron chi connectivity index (χ0n) is 17.8. The first kappa shape index (κ1) is 24.3. The number of alkyl halides is 3. The second-order valence-corrected chi connectivity index (χ2v) is 10.5. The number of carbonyl (C=O) groups is 2. The number of ether oxygens (including phenoxy) is 1. The van der Waals surface area contributed by atoms with Gasteiger partial charge in [0.1, 0.15) is 5.82 Å². The molecule has 1 aromatic heterocycles. The third-order valence-electron chi connectivity index (χ3n) is 5.97. The predicted molar refractivity (Wildman–Crippen MR) is 110 cm³/mol. The number of carbonyl (C=O) groups excluding carboxylic acids is 2. The second-order valence-electron chi connectivity index (χ2n) is 8.25. The summed E-state index contributed by atoms with van der Waals surface area (Å²) >= 11 is 0. The largest absolute Gasteiger partial charge is 0.452 e. The molecule has 2 aliphatic heterocycles. The summed E-state index contributed by atoms with van der Waals surface area (Å²) in [5, 5.41) is 0. The molecule has 0 aromatic carbocycles. The third kappa shape index (κ3) is 5.70. The number of esters is 1. The molecule has 0 N–H and O–H groups in total. The molecule has 3 rings (SSSR count). The van der Waals surface area contributed by atoms with Gasteiger partial charge in [-0.05, 0) is 38.3 Å². The van der Waals surface area contributed by atoms with Crippen LogP contribution in [0.4, 0.5) is 19.0 Å². The number of hydrogen-bond acceptors (Lipinski definition) is 7. The zero-order chi connectivity index (χ0) is 23.7. The smallest absolute Gasteiger partial charge is 0.417 e. The number of nitrogens with zero attached hydrogens (tertiary/aromatic N) is 3. The number of aromatic nitrogens is 1. The van der Waals surface area contributed by atoms with Crippen LogP contribution >= 0.6 is 0 Å². The number of sulfone groups is 1. The van der Waals surface area contributed by atoms with Crippen molar-refractivity contribution in [3.05, 3.63) is 23.9 Å². The molecule has 0 unspecified atom stereocenters. The van der Waals surface area contributed by atoms with Crippen LogP contribution in [0.3, 0.4) is 0 Å². The molecule has 12 heteroatoms. The minimum atomic E-state index is -4.45. The van der Waals surface area contributed by atoms with Crippen LogP contribution in [0.15, 0.2) is 18.3 Å². The zero-order valence-corrected chi connectivity index (χ0v) is 18.7. The summed E-state index contributed by atoms with van der Waals surface area (Å²) < 4.78 is 66.6. The fourth-order valence-corrected chi connectivity index (χ4v) is 5.73. The summed E-state index contributed by atoms with van der Waals surface area (Å²) in [4.78, 5) is 32.1. The highest BCUT2D eigenvalue weighted by Crippen LogP contribution is 2.30. The first-order valence-corrected chi connectivity index (χ1v) is 12.2. The Bertz CT molecular complexity index is 944. The fraction of sp³-hybridized carbons (Fsp3) is 0.650. The standard InChI is InChI=1S/C20H26F3N3O5S/c1-13(18(27)25(2)16-7-10-32(29,30)12-16)31-19(28)14-5-8-26(9-6-14)17-4-3-15(11-24-17)20(21,22)23/h3-4,11,13-14,16H,5-10,12H2,1-2H3/t13-,16-/m0/s1. The number of anilines is 1. The second kappa shape index (κ2) is 9.24. The van der Waals surface area contributed by atoms with Gasteiger partial charge in [0.25, 0.3) is 5.91 Å². The molecule has 2 saturated heterocycles. The summed E-state index contributed by atoms with van der Waals surface area (Å²) in [6.45, 7) is 2.29. The Morgan fingerprint density at radius 2 is 1.88 bits per heavy atom. The van der Waals surface area contributed by atoms with Crippen molar-refractivity contribution in [1.29, 1.82) is 0 Å². The number of amides is 1. The van der Waals surface area contributed by atoms with Crippen LogP contribution in [0, 0.1) is 5.92 Å². The average molecular weight is 478 g/mol. The predicted octanol–water partition coefficient (Wildman–Crippen LogP) is 1.89. The van der Waals surface area contributed by atoms with Crippen molar-refractivity contribution in [3.8, 4) is 0 Å². The van der Waals surface area contributed by atoms with Crippen molar-refractivity contribution in [3.63, 3.8) is 0 Å². The van der Waals surface area contributed by atoms with E-state index in [1.807, 2.05) is 0 Å². The summed E-state index contributed by atoms with van der Waals surface area (Å²) in [5.41, 5.74) is -0.821. The van der Waals surface area contributed by atoms with E-state index < -0.39 is 51.5 Å². The first-order chi connectivity index (χ1) is 14.9. The van der Waals surface area contributed by atoms with Gasteiger partial charge in [-0.3, -0.25) is 9.59 Å². The topological polar surface area (TPSA) is 96.9 Å². The van der Waals surface area contributed by atoms with Crippen molar-refractivity contribution in [2.45, 2.75) is 44.5 Å². The van der Waals surface area contributed by atoms with Crippen LogP contribution < -0.4 is 4.90 Å². The number of hydrogen-bond donors (Lipinski definition) is 0. The number of pyridine rings is 1. The van der Waals surface area contributed by atoms with Gasteiger partial charge < -0.3 is 14.5 Å². The van der Waals surface area contributed by atoms with E-state index in [1.165, 1.54) is 24.9 Å². The monoisotopic (exact) mass is 477 g/mol. The van der Waals surface area contributed by atoms with Gasteiger partial charge in [-0.15, -0.1) is 0 Å². The van der Waals surface area contributed by atoms with Gasteiger partial charge in [0, 0.05) is 32.4 Å². The van der Waals surface area contributed by atoms with Gasteiger partial charge >= 0.3 is 12.1 Å². The van der Waals surface area contributed by atoms with E-state index in [2.05, 4.69) is 4.98 Å². The molecule has 0 saturated carbocycles. The van der Waals surface area contributed by atoms with Crippen LogP contribution in [0.25, 0.3) is 0 Å². The summed E-state index contributed by atoms with van der Waals surface area (Å²) in [7, 11) is -1.64. The molecule has 2 fully saturated rings. The number of rotatable bonds is 5. The summed E-state index contributed by atoms with van der Waals surface area (Å²) in [6.07, 6.45) is -3.50. The maximum Gasteiger partial charge on any atom is 0.417 e. The molecule has 2 atom stereocenters. The van der Waals surface area contributed by atoms with Crippen molar-refractivity contribution >= 4 is 27.5 Å². The number of likely N-dealkylation sites (N-methyl/N-ethyl adjacent to an activating group) is 1. The van der Waals surface area contributed by atoms with Crippen LogP contribution in [-0.4, -0.2) is 74.0 Å². The molecule has 3 heterocycles. The third-order valence-corrected chi connectivity index (χ3v) is 7.72. The lowest BCUT2D eigenvalue weighted by Gasteiger charge is -2.32. The molecule has 32 heavy (non-hydrogen) atoms. The van der Waals surface area contributed by atoms with Crippen LogP contribution in [0.5, 0.6) is 0 Å². The van der Waals surface area contributed by atoms with E-state index in [4.69, 9.17) is 4.74 Å². The lowest BCUT2D eigenvalue weighted by Crippen LogP contribution is -2.45. The van der Waals surface area contributed by atoms with Crippen molar-refractivity contribution in [2.75, 3.05) is 36.5 Å². The number of halogens is 3. The van der Waals surface area contributed by atoms with Crippen LogP contribution in [0.2, 0.25) is 0 Å². The molecule has 0 aliphatic carbocycles. The molecule has 2 aliphatic rings. The van der Waals surface area contributed by atoms with Gasteiger partial charge in [0.15, 0.2) is 15.9 Å². The van der Waals surface area contributed by atoms with E-state index in [-0.39, 0.29) is 11.5 Å². The van der Waals surface area contributed by atoms with Gasteiger partial charge in [-0.2, -0.15) is 13.2 Å². The summed E-state index contributed by atoms with van der Waals surface area (Å²) in [5.74, 6) is -1.05. The Balaban J connectivity index is 1.49. The molecule has 178 valence electrons. The van der Waals surface area contributed by atoms with E-state index >= 15 is 0 Å². The highest BCUT2D eigenvalue weighted by molar-refractivity contribution is 7.91. The molecule has 1 aromatic rings. The van der Waals surface area contributed by atoms with Gasteiger partial charge in [0.2, 0.25) is 0 Å². The minimum absolute atomic E-state index is 0.0375. The lowest BCUT2D eigenvalue weighted by atomic mass is 9.97. The maximum absolute atomic E-state index is 12.7. The molecule has 1 amide bonds. The molecular formula is C20H26F3N3O5S. The van der Waals surface area contributed by atoms with E-state index in [1.54, 1.807) is 4.90 Å². The highest BCUT2D eigenvalue weighted by atomic mass is 32.2. The van der Waals surface area contributed by atoms with Gasteiger partial charge in [-0.25, -0.2) is 13.4 Å². The van der Waals surface area contributed by atoms with Crippen molar-refractivity contribution in [2.24, 2.45) is 5.92 Å². The molecule has 0 radical (unpaired) electrons. The maximum atomic E-state index is 12.7. The SMILES string of the molecule is C[C@H](OC(=O)C1CCN(c2ccc(C(F)(F)F)cn2)CC1)C(=O)N(C)[C@H]1CCS(=O)(=O)C1. The van der Waals surface area contributed by atoms with E-state index in [0.29, 0.717) is 38.2 Å². The Morgan fingerprint density at radius 1 is 1.22 bits per heavy atom. The highest BCUT2D eigenvalue weighted by Gasteiger charge is 2.36. The Labute approximate surface area is 184 Å². The Morgan fingerprint density at radius 3 is 2.38 bits per heavy atom. The minimum Gasteiger partial charge on any atom is -0.452 e. The quantitative estimate of drug-likeness (QED) is 0.598. The van der Waals surface area contributed by atoms with E-state index in [9.17, 15) is 31.2 Å². The van der Waals surface area contributed by atoms with Gasteiger partial charge in [-0.1, -0.05) is 0 Å². The van der Waals surface area contributed by atoms with Crippen molar-refractivity contribution in [1.82, 2.24) is 9.88 Å². The molecule has 0 bridgehead atoms. The van der Waals surface area contributed by atoms with Crippen molar-refractivity contribution < 1.29 is 35.9 Å². The average Bonchev–Trinajstić information content (AvgIpc) is 3.11. The number of piperidine rings is 1. The molecule has 0 spiro atoms. The molecule has 8 nitrogen and oxygen atoms in total. The Hall–Kier alpha value is -2.37. The van der Waals surface area contributed by atoms with Gasteiger partial charge in [0.05, 0.1) is 23.0 Å². The normalized spacial score (nSPS) is 22.4. The summed E-state index contributed by atoms with van der Waals surface area (Å²) in [6, 6.07) is 1.86. The lowest BCUT2D eigenvalue weighted by molar-refractivity contribution is -0.163. The van der Waals surface area contributed by atoms with E-state index in [0.717, 1.165) is 12.3 Å². The van der Waals surface area contributed by atoms with Crippen LogP contribution in [-0.2, 0) is 30.3 Å². The molecular weight excluding hydrogens is 451 g/mol. The fourth-order valence-electron chi connectivity index (χ4n) is 3.95. The Kier molecular flexibility index (Phi) is 7.01. The van der Waals surface area contributed by atoms with Crippen LogP contribution in [0.1, 0.15) is 31.7 Å².